The molecular weight excluding hydrogens is 321 g/mol. The number of aromatic nitrogens is 1. The first kappa shape index (κ1) is 17.2. The number of carbonyl (C=O) groups is 1. The van der Waals surface area contributed by atoms with E-state index >= 15 is 0 Å². The van der Waals surface area contributed by atoms with Crippen LogP contribution in [0.25, 0.3) is 6.08 Å². The molecule has 6 heteroatoms. The van der Waals surface area contributed by atoms with Crippen LogP contribution in [-0.2, 0) is 0 Å². The lowest BCUT2D eigenvalue weighted by molar-refractivity contribution is 0.197. The van der Waals surface area contributed by atoms with E-state index in [1.165, 1.54) is 17.7 Å². The van der Waals surface area contributed by atoms with E-state index in [9.17, 15) is 9.18 Å². The normalized spacial score (nSPS) is 19.3. The van der Waals surface area contributed by atoms with Crippen molar-refractivity contribution in [1.29, 1.82) is 0 Å². The molecule has 0 bridgehead atoms. The monoisotopic (exact) mass is 343 g/mol. The van der Waals surface area contributed by atoms with Gasteiger partial charge in [0, 0.05) is 18.7 Å². The molecule has 1 N–H and O–H groups in total. The zero-order chi connectivity index (χ0) is 18.0. The molecule has 2 aromatic rings. The van der Waals surface area contributed by atoms with Crippen molar-refractivity contribution >= 4 is 17.9 Å². The average Bonchev–Trinajstić information content (AvgIpc) is 2.89. The highest BCUT2D eigenvalue weighted by Gasteiger charge is 2.25. The van der Waals surface area contributed by atoms with Crippen LogP contribution in [-0.4, -0.2) is 29.2 Å². The molecule has 0 spiro atoms. The molecule has 1 aliphatic heterocycles. The van der Waals surface area contributed by atoms with Crippen LogP contribution in [0.1, 0.15) is 30.2 Å². The summed E-state index contributed by atoms with van der Waals surface area (Å²) in [6.45, 7) is 6.98. The molecule has 2 heterocycles. The van der Waals surface area contributed by atoms with Gasteiger partial charge in [-0.15, -0.1) is 0 Å². The molecule has 1 aromatic heterocycles. The molecule has 132 valence electrons. The van der Waals surface area contributed by atoms with Crippen molar-refractivity contribution in [2.75, 3.05) is 18.4 Å². The zero-order valence-corrected chi connectivity index (χ0v) is 14.7. The van der Waals surface area contributed by atoms with Gasteiger partial charge in [0.05, 0.1) is 0 Å². The standard InChI is InChI=1S/C19H22FN3O2/c1-12-11-23(19(24)21-18-13(2)14(3)25-22-18)8-7-16(12)9-15-5-4-6-17(20)10-15/h4-6,9-10,12H,7-8,11H2,1-3H3,(H,21,22,24). The highest BCUT2D eigenvalue weighted by molar-refractivity contribution is 5.89. The number of aryl methyl sites for hydroxylation is 1. The van der Waals surface area contributed by atoms with Gasteiger partial charge >= 0.3 is 6.03 Å². The Kier molecular flexibility index (Phi) is 4.88. The third-order valence-corrected chi connectivity index (χ3v) is 4.67. The van der Waals surface area contributed by atoms with Gasteiger partial charge in [-0.05, 0) is 43.9 Å². The topological polar surface area (TPSA) is 58.4 Å². The van der Waals surface area contributed by atoms with Gasteiger partial charge in [0.2, 0.25) is 0 Å². The molecule has 0 radical (unpaired) electrons. The van der Waals surface area contributed by atoms with Crippen molar-refractivity contribution < 1.29 is 13.7 Å². The van der Waals surface area contributed by atoms with Crippen LogP contribution in [0, 0.1) is 25.6 Å². The molecule has 5 nitrogen and oxygen atoms in total. The molecule has 1 fully saturated rings. The Morgan fingerprint density at radius 2 is 2.24 bits per heavy atom. The Morgan fingerprint density at radius 3 is 2.88 bits per heavy atom. The number of nitrogens with zero attached hydrogens (tertiary/aromatic N) is 2. The molecule has 25 heavy (non-hydrogen) atoms. The summed E-state index contributed by atoms with van der Waals surface area (Å²) < 4.78 is 18.4. The Hall–Kier alpha value is -2.63. The summed E-state index contributed by atoms with van der Waals surface area (Å²) in [7, 11) is 0. The number of piperidine rings is 1. The van der Waals surface area contributed by atoms with Gasteiger partial charge < -0.3 is 9.42 Å². The van der Waals surface area contributed by atoms with E-state index in [1.54, 1.807) is 11.0 Å². The molecular formula is C19H22FN3O2. The maximum atomic E-state index is 13.3. The zero-order valence-electron chi connectivity index (χ0n) is 14.7. The lowest BCUT2D eigenvalue weighted by atomic mass is 9.91. The van der Waals surface area contributed by atoms with Gasteiger partial charge in [0.15, 0.2) is 5.82 Å². The van der Waals surface area contributed by atoms with Crippen LogP contribution in [0.4, 0.5) is 15.0 Å². The Morgan fingerprint density at radius 1 is 1.44 bits per heavy atom. The summed E-state index contributed by atoms with van der Waals surface area (Å²) in [5.41, 5.74) is 2.92. The van der Waals surface area contributed by atoms with Crippen molar-refractivity contribution in [2.24, 2.45) is 5.92 Å². The quantitative estimate of drug-likeness (QED) is 0.880. The third kappa shape index (κ3) is 3.90. The average molecular weight is 343 g/mol. The van der Waals surface area contributed by atoms with Crippen LogP contribution < -0.4 is 5.32 Å². The lowest BCUT2D eigenvalue weighted by Crippen LogP contribution is -2.42. The number of amides is 2. The van der Waals surface area contributed by atoms with E-state index in [0.29, 0.717) is 24.7 Å². The first-order valence-electron chi connectivity index (χ1n) is 8.39. The molecule has 1 aromatic carbocycles. The second-order valence-corrected chi connectivity index (χ2v) is 6.51. The number of carbonyl (C=O) groups excluding carboxylic acids is 1. The largest absolute Gasteiger partial charge is 0.359 e. The molecule has 1 saturated heterocycles. The fourth-order valence-corrected chi connectivity index (χ4v) is 2.97. The van der Waals surface area contributed by atoms with Gasteiger partial charge in [-0.1, -0.05) is 35.9 Å². The van der Waals surface area contributed by atoms with Gasteiger partial charge in [0.25, 0.3) is 0 Å². The summed E-state index contributed by atoms with van der Waals surface area (Å²) >= 11 is 0. The number of urea groups is 1. The number of halogens is 1. The summed E-state index contributed by atoms with van der Waals surface area (Å²) in [5.74, 6) is 1.14. The number of hydrogen-bond donors (Lipinski definition) is 1. The minimum absolute atomic E-state index is 0.173. The van der Waals surface area contributed by atoms with Crippen LogP contribution in [0.5, 0.6) is 0 Å². The van der Waals surface area contributed by atoms with Crippen molar-refractivity contribution in [2.45, 2.75) is 27.2 Å². The van der Waals surface area contributed by atoms with E-state index in [0.717, 1.165) is 17.5 Å². The fourth-order valence-electron chi connectivity index (χ4n) is 2.97. The SMILES string of the molecule is Cc1onc(NC(=O)N2CCC(=Cc3cccc(F)c3)C(C)C2)c1C. The molecule has 3 rings (SSSR count). The second kappa shape index (κ2) is 7.09. The third-order valence-electron chi connectivity index (χ3n) is 4.67. The van der Waals surface area contributed by atoms with Crippen LogP contribution >= 0.6 is 0 Å². The number of benzene rings is 1. The number of rotatable bonds is 2. The van der Waals surface area contributed by atoms with Crippen molar-refractivity contribution in [3.05, 3.63) is 52.5 Å². The maximum Gasteiger partial charge on any atom is 0.323 e. The molecule has 0 saturated carbocycles. The smallest absolute Gasteiger partial charge is 0.323 e. The van der Waals surface area contributed by atoms with E-state index in [-0.39, 0.29) is 17.8 Å². The summed E-state index contributed by atoms with van der Waals surface area (Å²) in [6.07, 6.45) is 2.79. The first-order chi connectivity index (χ1) is 11.9. The van der Waals surface area contributed by atoms with E-state index < -0.39 is 0 Å². The van der Waals surface area contributed by atoms with Gasteiger partial charge in [0.1, 0.15) is 11.6 Å². The molecule has 1 aliphatic rings. The Balaban J connectivity index is 1.65. The van der Waals surface area contributed by atoms with Gasteiger partial charge in [-0.25, -0.2) is 9.18 Å². The van der Waals surface area contributed by atoms with Crippen LogP contribution in [0.2, 0.25) is 0 Å². The van der Waals surface area contributed by atoms with Crippen molar-refractivity contribution in [1.82, 2.24) is 10.1 Å². The molecule has 1 unspecified atom stereocenters. The fraction of sp³-hybridized carbons (Fsp3) is 0.368. The Bertz CT molecular complexity index is 813. The molecule has 2 amide bonds. The van der Waals surface area contributed by atoms with E-state index in [1.807, 2.05) is 26.0 Å². The maximum absolute atomic E-state index is 13.3. The van der Waals surface area contributed by atoms with Crippen molar-refractivity contribution in [3.63, 3.8) is 0 Å². The first-order valence-corrected chi connectivity index (χ1v) is 8.39. The van der Waals surface area contributed by atoms with Crippen LogP contribution in [0.15, 0.2) is 34.4 Å². The highest BCUT2D eigenvalue weighted by atomic mass is 19.1. The number of anilines is 1. The van der Waals surface area contributed by atoms with Gasteiger partial charge in [-0.2, -0.15) is 0 Å². The molecule has 1 atom stereocenters. The number of nitrogens with one attached hydrogen (secondary N) is 1. The minimum Gasteiger partial charge on any atom is -0.359 e. The van der Waals surface area contributed by atoms with Gasteiger partial charge in [-0.3, -0.25) is 5.32 Å². The van der Waals surface area contributed by atoms with E-state index in [4.69, 9.17) is 4.52 Å². The van der Waals surface area contributed by atoms with Crippen molar-refractivity contribution in [3.8, 4) is 0 Å². The van der Waals surface area contributed by atoms with Crippen LogP contribution in [0.3, 0.4) is 0 Å². The Labute approximate surface area is 146 Å². The second-order valence-electron chi connectivity index (χ2n) is 6.51. The number of likely N-dealkylation sites (tertiary alicyclic amines) is 1. The lowest BCUT2D eigenvalue weighted by Gasteiger charge is -2.33. The summed E-state index contributed by atoms with van der Waals surface area (Å²) in [4.78, 5) is 14.2. The summed E-state index contributed by atoms with van der Waals surface area (Å²) in [5, 5.41) is 6.67. The summed E-state index contributed by atoms with van der Waals surface area (Å²) in [6, 6.07) is 6.38. The predicted octanol–water partition coefficient (Wildman–Crippen LogP) is 4.39. The van der Waals surface area contributed by atoms with E-state index in [2.05, 4.69) is 17.4 Å². The number of hydrogen-bond acceptors (Lipinski definition) is 3. The minimum atomic E-state index is -0.239. The predicted molar refractivity (Wildman–Crippen MR) is 94.7 cm³/mol. The molecule has 0 aliphatic carbocycles. The highest BCUT2D eigenvalue weighted by Crippen LogP contribution is 2.26.